The van der Waals surface area contributed by atoms with E-state index in [1.165, 1.54) is 24.1 Å². The van der Waals surface area contributed by atoms with Gasteiger partial charge in [0.05, 0.1) is 12.2 Å². The molecular weight excluding hydrogens is 300 g/mol. The number of hydrogen-bond donors (Lipinski definition) is 2. The molecule has 0 radical (unpaired) electrons. The Morgan fingerprint density at radius 1 is 1.17 bits per heavy atom. The second kappa shape index (κ2) is 8.89. The van der Waals surface area contributed by atoms with E-state index in [0.29, 0.717) is 24.1 Å². The second-order valence-electron chi connectivity index (χ2n) is 5.35. The minimum absolute atomic E-state index is 0.0342. The Balaban J connectivity index is 2.66. The van der Waals surface area contributed by atoms with Crippen molar-refractivity contribution in [1.82, 2.24) is 4.90 Å². The van der Waals surface area contributed by atoms with Crippen LogP contribution in [0.3, 0.4) is 0 Å². The van der Waals surface area contributed by atoms with Gasteiger partial charge in [-0.1, -0.05) is 0 Å². The number of carbonyl (C=O) groups is 3. The number of hydrogen-bond acceptors (Lipinski definition) is 4. The minimum Gasteiger partial charge on any atom is -0.478 e. The fraction of sp³-hybridized carbons (Fsp3) is 0.438. The number of ether oxygens (including phenoxy) is 1. The molecule has 126 valence electrons. The number of benzene rings is 1. The van der Waals surface area contributed by atoms with Crippen molar-refractivity contribution in [2.75, 3.05) is 26.5 Å². The van der Waals surface area contributed by atoms with Crippen LogP contribution >= 0.6 is 0 Å². The Morgan fingerprint density at radius 3 is 2.43 bits per heavy atom. The van der Waals surface area contributed by atoms with Gasteiger partial charge in [-0.3, -0.25) is 9.59 Å². The Morgan fingerprint density at radius 2 is 1.87 bits per heavy atom. The monoisotopic (exact) mass is 322 g/mol. The van der Waals surface area contributed by atoms with Crippen molar-refractivity contribution in [3.05, 3.63) is 29.3 Å². The number of aromatic carboxylic acids is 1. The Kier molecular flexibility index (Phi) is 7.21. The maximum Gasteiger partial charge on any atom is 0.335 e. The lowest BCUT2D eigenvalue weighted by atomic mass is 10.1. The SMILES string of the molecule is COCc1cc(NC(=O)CCCC(=O)N(C)C)cc(C(=O)O)c1. The number of amides is 2. The molecule has 1 aromatic carbocycles. The van der Waals surface area contributed by atoms with E-state index in [0.717, 1.165) is 0 Å². The molecule has 1 rings (SSSR count). The first-order valence-corrected chi connectivity index (χ1v) is 7.19. The third-order valence-corrected chi connectivity index (χ3v) is 3.13. The highest BCUT2D eigenvalue weighted by Crippen LogP contribution is 2.17. The summed E-state index contributed by atoms with van der Waals surface area (Å²) in [6, 6.07) is 4.56. The first-order chi connectivity index (χ1) is 10.8. The van der Waals surface area contributed by atoms with Crippen molar-refractivity contribution in [2.45, 2.75) is 25.9 Å². The fourth-order valence-corrected chi connectivity index (χ4v) is 1.98. The summed E-state index contributed by atoms with van der Waals surface area (Å²) in [6.45, 7) is 0.251. The van der Waals surface area contributed by atoms with Crippen LogP contribution in [0.2, 0.25) is 0 Å². The van der Waals surface area contributed by atoms with Crippen LogP contribution in [0.1, 0.15) is 35.2 Å². The van der Waals surface area contributed by atoms with Gasteiger partial charge in [0.15, 0.2) is 0 Å². The molecule has 1 aromatic rings. The third kappa shape index (κ3) is 6.48. The second-order valence-corrected chi connectivity index (χ2v) is 5.35. The predicted octanol–water partition coefficient (Wildman–Crippen LogP) is 1.73. The first-order valence-electron chi connectivity index (χ1n) is 7.19. The zero-order valence-electron chi connectivity index (χ0n) is 13.6. The summed E-state index contributed by atoms with van der Waals surface area (Å²) in [6.07, 6.45) is 0.924. The van der Waals surface area contributed by atoms with Gasteiger partial charge >= 0.3 is 5.97 Å². The zero-order chi connectivity index (χ0) is 17.4. The van der Waals surface area contributed by atoms with Gasteiger partial charge in [-0.05, 0) is 30.2 Å². The molecule has 0 fully saturated rings. The van der Waals surface area contributed by atoms with Gasteiger partial charge in [-0.15, -0.1) is 0 Å². The van der Waals surface area contributed by atoms with Gasteiger partial charge in [0.2, 0.25) is 11.8 Å². The molecule has 0 spiro atoms. The highest BCUT2D eigenvalue weighted by Gasteiger charge is 2.10. The molecule has 0 heterocycles. The number of carbonyl (C=O) groups excluding carboxylic acids is 2. The van der Waals surface area contributed by atoms with Crippen LogP contribution in [0.25, 0.3) is 0 Å². The fourth-order valence-electron chi connectivity index (χ4n) is 1.98. The summed E-state index contributed by atoms with van der Waals surface area (Å²) in [7, 11) is 4.84. The average molecular weight is 322 g/mol. The number of methoxy groups -OCH3 is 1. The predicted molar refractivity (Wildman–Crippen MR) is 85.3 cm³/mol. The van der Waals surface area contributed by atoms with E-state index in [4.69, 9.17) is 9.84 Å². The van der Waals surface area contributed by atoms with Crippen LogP contribution in [0.5, 0.6) is 0 Å². The summed E-state index contributed by atoms with van der Waals surface area (Å²) in [5, 5.41) is 11.8. The van der Waals surface area contributed by atoms with Gasteiger partial charge in [0, 0.05) is 39.7 Å². The van der Waals surface area contributed by atoms with Gasteiger partial charge in [0.25, 0.3) is 0 Å². The Labute approximate surface area is 135 Å². The highest BCUT2D eigenvalue weighted by molar-refractivity contribution is 5.94. The normalized spacial score (nSPS) is 10.2. The van der Waals surface area contributed by atoms with E-state index >= 15 is 0 Å². The molecule has 7 nitrogen and oxygen atoms in total. The molecule has 0 bridgehead atoms. The van der Waals surface area contributed by atoms with E-state index in [-0.39, 0.29) is 30.4 Å². The van der Waals surface area contributed by atoms with Gasteiger partial charge in [0.1, 0.15) is 0 Å². The maximum absolute atomic E-state index is 11.9. The molecule has 7 heteroatoms. The Hall–Kier alpha value is -2.41. The van der Waals surface area contributed by atoms with Crippen molar-refractivity contribution in [3.63, 3.8) is 0 Å². The van der Waals surface area contributed by atoms with Crippen LogP contribution in [0.15, 0.2) is 18.2 Å². The summed E-state index contributed by atoms with van der Waals surface area (Å²) < 4.78 is 4.99. The lowest BCUT2D eigenvalue weighted by Crippen LogP contribution is -2.22. The lowest BCUT2D eigenvalue weighted by molar-refractivity contribution is -0.128. The number of nitrogens with zero attached hydrogens (tertiary/aromatic N) is 1. The van der Waals surface area contributed by atoms with E-state index < -0.39 is 5.97 Å². The molecule has 2 amide bonds. The summed E-state index contributed by atoms with van der Waals surface area (Å²) in [4.78, 5) is 35.9. The quantitative estimate of drug-likeness (QED) is 0.760. The number of nitrogens with one attached hydrogen (secondary N) is 1. The van der Waals surface area contributed by atoms with Crippen molar-refractivity contribution < 1.29 is 24.2 Å². The molecule has 0 saturated carbocycles. The molecule has 0 aliphatic carbocycles. The van der Waals surface area contributed by atoms with Crippen molar-refractivity contribution in [2.24, 2.45) is 0 Å². The number of rotatable bonds is 8. The molecule has 0 saturated heterocycles. The minimum atomic E-state index is -1.07. The molecule has 0 atom stereocenters. The largest absolute Gasteiger partial charge is 0.478 e. The lowest BCUT2D eigenvalue weighted by Gasteiger charge is -2.11. The highest BCUT2D eigenvalue weighted by atomic mass is 16.5. The average Bonchev–Trinajstić information content (AvgIpc) is 2.46. The van der Waals surface area contributed by atoms with Crippen LogP contribution in [-0.4, -0.2) is 49.0 Å². The molecule has 0 aromatic heterocycles. The van der Waals surface area contributed by atoms with Crippen molar-refractivity contribution in [3.8, 4) is 0 Å². The number of carboxylic acid groups (broad SMARTS) is 1. The smallest absolute Gasteiger partial charge is 0.335 e. The molecule has 0 aliphatic heterocycles. The molecule has 0 unspecified atom stereocenters. The van der Waals surface area contributed by atoms with Crippen LogP contribution in [-0.2, 0) is 20.9 Å². The van der Waals surface area contributed by atoms with E-state index in [1.54, 1.807) is 20.2 Å². The number of anilines is 1. The van der Waals surface area contributed by atoms with Gasteiger partial charge in [-0.2, -0.15) is 0 Å². The topological polar surface area (TPSA) is 95.9 Å². The molecule has 23 heavy (non-hydrogen) atoms. The summed E-state index contributed by atoms with van der Waals surface area (Å²) in [5.74, 6) is -1.37. The van der Waals surface area contributed by atoms with Gasteiger partial charge in [-0.25, -0.2) is 4.79 Å². The van der Waals surface area contributed by atoms with Crippen molar-refractivity contribution >= 4 is 23.5 Å². The van der Waals surface area contributed by atoms with Gasteiger partial charge < -0.3 is 20.1 Å². The van der Waals surface area contributed by atoms with E-state index in [9.17, 15) is 14.4 Å². The molecular formula is C16H22N2O5. The van der Waals surface area contributed by atoms with Crippen molar-refractivity contribution in [1.29, 1.82) is 0 Å². The van der Waals surface area contributed by atoms with E-state index in [2.05, 4.69) is 5.32 Å². The maximum atomic E-state index is 11.9. The summed E-state index contributed by atoms with van der Waals surface area (Å²) in [5.41, 5.74) is 1.14. The van der Waals surface area contributed by atoms with Crippen LogP contribution in [0.4, 0.5) is 5.69 Å². The number of carboxylic acids is 1. The first kappa shape index (κ1) is 18.6. The summed E-state index contributed by atoms with van der Waals surface area (Å²) >= 11 is 0. The zero-order valence-corrected chi connectivity index (χ0v) is 13.6. The standard InChI is InChI=1S/C16H22N2O5/c1-18(2)15(20)6-4-5-14(19)17-13-8-11(10-23-3)7-12(9-13)16(21)22/h7-9H,4-6,10H2,1-3H3,(H,17,19)(H,21,22). The van der Waals surface area contributed by atoms with Crippen LogP contribution in [0, 0.1) is 0 Å². The molecule has 0 aliphatic rings. The molecule has 2 N–H and O–H groups in total. The van der Waals surface area contributed by atoms with E-state index in [1.807, 2.05) is 0 Å². The third-order valence-electron chi connectivity index (χ3n) is 3.13. The van der Waals surface area contributed by atoms with Crippen LogP contribution < -0.4 is 5.32 Å². The Bertz CT molecular complexity index is 584.